The molecular formula is C13H16BrClO3. The lowest BCUT2D eigenvalue weighted by Crippen LogP contribution is -2.20. The Bertz CT molecular complexity index is 432. The SMILES string of the molecule is CC.COC(=O)C(=O)C(Cl)c1cc(Br)ccc1C. The highest BCUT2D eigenvalue weighted by molar-refractivity contribution is 9.10. The summed E-state index contributed by atoms with van der Waals surface area (Å²) in [5.74, 6) is -1.69. The third-order valence-electron chi connectivity index (χ3n) is 2.13. The molecule has 0 bridgehead atoms. The summed E-state index contributed by atoms with van der Waals surface area (Å²) >= 11 is 9.22. The van der Waals surface area contributed by atoms with Crippen LogP contribution in [0.1, 0.15) is 30.4 Å². The summed E-state index contributed by atoms with van der Waals surface area (Å²) in [7, 11) is 1.15. The predicted molar refractivity (Wildman–Crippen MR) is 75.8 cm³/mol. The number of alkyl halides is 1. The topological polar surface area (TPSA) is 43.4 Å². The molecule has 1 rings (SSSR count). The maximum atomic E-state index is 11.5. The maximum absolute atomic E-state index is 11.5. The zero-order valence-electron chi connectivity index (χ0n) is 10.8. The van der Waals surface area contributed by atoms with Gasteiger partial charge in [0.2, 0.25) is 0 Å². The van der Waals surface area contributed by atoms with Crippen LogP contribution in [0.25, 0.3) is 0 Å². The summed E-state index contributed by atoms with van der Waals surface area (Å²) in [6.07, 6.45) is 0. The van der Waals surface area contributed by atoms with E-state index in [9.17, 15) is 9.59 Å². The van der Waals surface area contributed by atoms with E-state index in [1.807, 2.05) is 32.9 Å². The number of methoxy groups -OCH3 is 1. The molecule has 0 saturated carbocycles. The standard InChI is InChI=1S/C11H10BrClO3.C2H6/c1-6-3-4-7(12)5-8(6)9(13)10(14)11(15)16-2;1-2/h3-5,9H,1-2H3;1-2H3. The zero-order valence-corrected chi connectivity index (χ0v) is 13.1. The number of rotatable bonds is 3. The molecule has 0 aliphatic carbocycles. The van der Waals surface area contributed by atoms with Gasteiger partial charge < -0.3 is 4.74 Å². The molecule has 100 valence electrons. The highest BCUT2D eigenvalue weighted by Crippen LogP contribution is 2.27. The molecule has 1 unspecified atom stereocenters. The number of carbonyl (C=O) groups excluding carboxylic acids is 2. The maximum Gasteiger partial charge on any atom is 0.376 e. The van der Waals surface area contributed by atoms with Crippen molar-refractivity contribution in [3.63, 3.8) is 0 Å². The second kappa shape index (κ2) is 8.27. The first-order valence-electron chi connectivity index (χ1n) is 5.49. The van der Waals surface area contributed by atoms with Crippen molar-refractivity contribution < 1.29 is 14.3 Å². The van der Waals surface area contributed by atoms with Crippen LogP contribution in [0.3, 0.4) is 0 Å². The van der Waals surface area contributed by atoms with E-state index in [0.29, 0.717) is 5.56 Å². The molecule has 5 heteroatoms. The first kappa shape index (κ1) is 17.1. The molecule has 1 aromatic rings. The van der Waals surface area contributed by atoms with E-state index in [0.717, 1.165) is 17.1 Å². The third kappa shape index (κ3) is 4.42. The number of carbonyl (C=O) groups is 2. The number of halogens is 2. The smallest absolute Gasteiger partial charge is 0.376 e. The van der Waals surface area contributed by atoms with Gasteiger partial charge in [-0.1, -0.05) is 35.8 Å². The van der Waals surface area contributed by atoms with Crippen molar-refractivity contribution in [2.45, 2.75) is 26.1 Å². The molecule has 0 spiro atoms. The summed E-state index contributed by atoms with van der Waals surface area (Å²) in [6.45, 7) is 5.82. The average molecular weight is 336 g/mol. The number of aryl methyl sites for hydroxylation is 1. The third-order valence-corrected chi connectivity index (χ3v) is 3.06. The average Bonchev–Trinajstić information content (AvgIpc) is 2.41. The molecule has 0 aliphatic rings. The minimum absolute atomic E-state index is 0.603. The van der Waals surface area contributed by atoms with Gasteiger partial charge in [-0.2, -0.15) is 0 Å². The lowest BCUT2D eigenvalue weighted by Gasteiger charge is -2.10. The molecule has 18 heavy (non-hydrogen) atoms. The van der Waals surface area contributed by atoms with Gasteiger partial charge in [0.25, 0.3) is 5.78 Å². The van der Waals surface area contributed by atoms with Crippen LogP contribution < -0.4 is 0 Å². The van der Waals surface area contributed by atoms with Gasteiger partial charge in [-0.15, -0.1) is 11.6 Å². The molecule has 1 atom stereocenters. The van der Waals surface area contributed by atoms with Crippen LogP contribution in [0.5, 0.6) is 0 Å². The van der Waals surface area contributed by atoms with E-state index < -0.39 is 17.1 Å². The van der Waals surface area contributed by atoms with Crippen LogP contribution in [0.2, 0.25) is 0 Å². The van der Waals surface area contributed by atoms with E-state index in [2.05, 4.69) is 20.7 Å². The van der Waals surface area contributed by atoms with Crippen LogP contribution >= 0.6 is 27.5 Å². The summed E-state index contributed by atoms with van der Waals surface area (Å²) in [6, 6.07) is 5.37. The van der Waals surface area contributed by atoms with Crippen LogP contribution in [0.4, 0.5) is 0 Å². The molecule has 0 heterocycles. The fourth-order valence-electron chi connectivity index (χ4n) is 1.23. The molecule has 0 fully saturated rings. The minimum Gasteiger partial charge on any atom is -0.463 e. The van der Waals surface area contributed by atoms with Crippen LogP contribution in [0, 0.1) is 6.92 Å². The van der Waals surface area contributed by atoms with Gasteiger partial charge in [0, 0.05) is 4.47 Å². The summed E-state index contributed by atoms with van der Waals surface area (Å²) in [5, 5.41) is -1.01. The Kier molecular flexibility index (Phi) is 7.87. The highest BCUT2D eigenvalue weighted by atomic mass is 79.9. The summed E-state index contributed by atoms with van der Waals surface area (Å²) < 4.78 is 5.14. The molecule has 0 aromatic heterocycles. The second-order valence-electron chi connectivity index (χ2n) is 3.22. The van der Waals surface area contributed by atoms with E-state index in [-0.39, 0.29) is 0 Å². The number of benzene rings is 1. The Balaban J connectivity index is 0.00000137. The predicted octanol–water partition coefficient (Wildman–Crippen LogP) is 3.81. The first-order chi connectivity index (χ1) is 8.47. The quantitative estimate of drug-likeness (QED) is 0.479. The number of hydrogen-bond donors (Lipinski definition) is 0. The Morgan fingerprint density at radius 1 is 1.33 bits per heavy atom. The molecule has 0 N–H and O–H groups in total. The second-order valence-corrected chi connectivity index (χ2v) is 4.57. The van der Waals surface area contributed by atoms with Crippen LogP contribution in [0.15, 0.2) is 22.7 Å². The van der Waals surface area contributed by atoms with Gasteiger partial charge in [0.1, 0.15) is 5.38 Å². The fourth-order valence-corrected chi connectivity index (χ4v) is 1.93. The van der Waals surface area contributed by atoms with Crippen LogP contribution in [-0.2, 0) is 14.3 Å². The normalized spacial score (nSPS) is 11.0. The Hall–Kier alpha value is -0.870. The number of esters is 1. The van der Waals surface area contributed by atoms with Gasteiger partial charge in [0.15, 0.2) is 0 Å². The highest BCUT2D eigenvalue weighted by Gasteiger charge is 2.26. The fraction of sp³-hybridized carbons (Fsp3) is 0.385. The van der Waals surface area contributed by atoms with Crippen molar-refractivity contribution in [3.8, 4) is 0 Å². The van der Waals surface area contributed by atoms with Crippen molar-refractivity contribution in [1.29, 1.82) is 0 Å². The van der Waals surface area contributed by atoms with Gasteiger partial charge >= 0.3 is 5.97 Å². The number of ketones is 1. The van der Waals surface area contributed by atoms with E-state index in [1.54, 1.807) is 6.07 Å². The molecule has 1 aromatic carbocycles. The van der Waals surface area contributed by atoms with E-state index in [1.165, 1.54) is 0 Å². The minimum atomic E-state index is -1.01. The van der Waals surface area contributed by atoms with Gasteiger partial charge in [-0.05, 0) is 30.2 Å². The summed E-state index contributed by atoms with van der Waals surface area (Å²) in [4.78, 5) is 22.6. The largest absolute Gasteiger partial charge is 0.463 e. The number of hydrogen-bond acceptors (Lipinski definition) is 3. The van der Waals surface area contributed by atoms with Crippen molar-refractivity contribution >= 4 is 39.3 Å². The summed E-state index contributed by atoms with van der Waals surface area (Å²) in [5.41, 5.74) is 1.45. The molecule has 0 aliphatic heterocycles. The Morgan fingerprint density at radius 2 is 1.89 bits per heavy atom. The van der Waals surface area contributed by atoms with E-state index in [4.69, 9.17) is 11.6 Å². The van der Waals surface area contributed by atoms with Crippen molar-refractivity contribution in [3.05, 3.63) is 33.8 Å². The Morgan fingerprint density at radius 3 is 2.39 bits per heavy atom. The van der Waals surface area contributed by atoms with Crippen molar-refractivity contribution in [2.24, 2.45) is 0 Å². The molecule has 0 amide bonds. The van der Waals surface area contributed by atoms with Crippen LogP contribution in [-0.4, -0.2) is 18.9 Å². The zero-order chi connectivity index (χ0) is 14.3. The first-order valence-corrected chi connectivity index (χ1v) is 6.72. The molecular weight excluding hydrogens is 319 g/mol. The lowest BCUT2D eigenvalue weighted by molar-refractivity contribution is -0.151. The van der Waals surface area contributed by atoms with Crippen molar-refractivity contribution in [2.75, 3.05) is 7.11 Å². The molecule has 0 radical (unpaired) electrons. The lowest BCUT2D eigenvalue weighted by atomic mass is 10.0. The van der Waals surface area contributed by atoms with Gasteiger partial charge in [-0.3, -0.25) is 4.79 Å². The number of Topliss-reactive ketones (excluding diaryl/α,β-unsaturated/α-hetero) is 1. The molecule has 0 saturated heterocycles. The monoisotopic (exact) mass is 334 g/mol. The molecule has 3 nitrogen and oxygen atoms in total. The van der Waals surface area contributed by atoms with Crippen molar-refractivity contribution in [1.82, 2.24) is 0 Å². The van der Waals surface area contributed by atoms with Gasteiger partial charge in [0.05, 0.1) is 7.11 Å². The Labute approximate surface area is 121 Å². The van der Waals surface area contributed by atoms with Gasteiger partial charge in [-0.25, -0.2) is 4.79 Å². The number of ether oxygens (including phenoxy) is 1. The van der Waals surface area contributed by atoms with E-state index >= 15 is 0 Å².